The summed E-state index contributed by atoms with van der Waals surface area (Å²) in [7, 11) is 0. The van der Waals surface area contributed by atoms with Crippen LogP contribution in [0.3, 0.4) is 0 Å². The lowest BCUT2D eigenvalue weighted by Gasteiger charge is -2.16. The maximum absolute atomic E-state index is 11.8. The summed E-state index contributed by atoms with van der Waals surface area (Å²) in [5.41, 5.74) is 6.46. The molecule has 0 spiro atoms. The van der Waals surface area contributed by atoms with Crippen LogP contribution in [0.25, 0.3) is 0 Å². The third-order valence-electron chi connectivity index (χ3n) is 1.65. The Morgan fingerprint density at radius 2 is 2.06 bits per heavy atom. The number of thioether (sulfide) groups is 1. The van der Waals surface area contributed by atoms with Crippen molar-refractivity contribution in [3.05, 3.63) is 0 Å². The first kappa shape index (κ1) is 16.8. The van der Waals surface area contributed by atoms with Gasteiger partial charge in [0, 0.05) is 0 Å². The minimum absolute atomic E-state index is 0.227. The van der Waals surface area contributed by atoms with Gasteiger partial charge in [0.2, 0.25) is 0 Å². The minimum Gasteiger partial charge on any atom is -0.352 e. The van der Waals surface area contributed by atoms with Crippen molar-refractivity contribution < 1.29 is 27.6 Å². The van der Waals surface area contributed by atoms with Crippen molar-refractivity contribution in [3.8, 4) is 0 Å². The first-order valence-electron chi connectivity index (χ1n) is 4.79. The Labute approximate surface area is 106 Å². The second-order valence-corrected chi connectivity index (χ2v) is 4.20. The van der Waals surface area contributed by atoms with E-state index in [0.29, 0.717) is 5.75 Å². The summed E-state index contributed by atoms with van der Waals surface area (Å²) in [6.45, 7) is -1.61. The standard InChI is InChI=1S/C8H14F3N3O3S/c1-18-3-2-5(13-7(12)16)6(15)14-17-4-8(9,10)11/h5H,2-4H2,1H3,(H,14,15)(H3,12,13,16). The lowest BCUT2D eigenvalue weighted by molar-refractivity contribution is -0.192. The maximum atomic E-state index is 11.8. The van der Waals surface area contributed by atoms with Crippen molar-refractivity contribution in [3.63, 3.8) is 0 Å². The summed E-state index contributed by atoms with van der Waals surface area (Å²) < 4.78 is 35.3. The molecule has 0 saturated carbocycles. The number of halogens is 3. The van der Waals surface area contributed by atoms with Crippen LogP contribution in [-0.4, -0.2) is 42.8 Å². The molecule has 1 atom stereocenters. The van der Waals surface area contributed by atoms with E-state index in [-0.39, 0.29) is 6.42 Å². The topological polar surface area (TPSA) is 93.5 Å². The van der Waals surface area contributed by atoms with Crippen LogP contribution in [0, 0.1) is 0 Å². The lowest BCUT2D eigenvalue weighted by Crippen LogP contribution is -2.49. The third-order valence-corrected chi connectivity index (χ3v) is 2.30. The molecule has 0 aromatic heterocycles. The molecule has 0 aromatic carbocycles. The number of urea groups is 1. The fourth-order valence-electron chi connectivity index (χ4n) is 0.936. The van der Waals surface area contributed by atoms with Gasteiger partial charge in [0.1, 0.15) is 6.04 Å². The normalized spacial score (nSPS) is 12.9. The third kappa shape index (κ3) is 8.93. The number of hydrogen-bond donors (Lipinski definition) is 3. The molecule has 3 amide bonds. The Morgan fingerprint density at radius 3 is 2.50 bits per heavy atom. The van der Waals surface area contributed by atoms with Gasteiger partial charge in [-0.2, -0.15) is 24.9 Å². The summed E-state index contributed by atoms with van der Waals surface area (Å²) in [6, 6.07) is -1.96. The first-order valence-corrected chi connectivity index (χ1v) is 6.19. The van der Waals surface area contributed by atoms with Gasteiger partial charge < -0.3 is 11.1 Å². The summed E-state index contributed by atoms with van der Waals surface area (Å²) in [5.74, 6) is -0.357. The van der Waals surface area contributed by atoms with Crippen molar-refractivity contribution in [2.45, 2.75) is 18.6 Å². The van der Waals surface area contributed by atoms with Crippen LogP contribution >= 0.6 is 11.8 Å². The summed E-state index contributed by atoms with van der Waals surface area (Å²) in [5, 5.41) is 2.11. The Balaban J connectivity index is 4.15. The number of alkyl halides is 3. The van der Waals surface area contributed by atoms with Crippen molar-refractivity contribution in [1.29, 1.82) is 0 Å². The van der Waals surface area contributed by atoms with Gasteiger partial charge in [-0.1, -0.05) is 0 Å². The molecule has 0 aromatic rings. The second-order valence-electron chi connectivity index (χ2n) is 3.21. The predicted octanol–water partition coefficient (Wildman–Crippen LogP) is 0.386. The smallest absolute Gasteiger partial charge is 0.352 e. The number of rotatable bonds is 7. The molecule has 0 fully saturated rings. The molecular formula is C8H14F3N3O3S. The van der Waals surface area contributed by atoms with Gasteiger partial charge in [-0.3, -0.25) is 9.63 Å². The molecule has 0 radical (unpaired) electrons. The van der Waals surface area contributed by atoms with Crippen molar-refractivity contribution in [1.82, 2.24) is 10.8 Å². The number of nitrogens with one attached hydrogen (secondary N) is 2. The number of nitrogens with two attached hydrogens (primary N) is 1. The largest absolute Gasteiger partial charge is 0.414 e. The average Bonchev–Trinajstić information content (AvgIpc) is 2.21. The summed E-state index contributed by atoms with van der Waals surface area (Å²) >= 11 is 1.41. The van der Waals surface area contributed by atoms with Crippen molar-refractivity contribution in [2.24, 2.45) is 5.73 Å². The summed E-state index contributed by atoms with van der Waals surface area (Å²) in [4.78, 5) is 26.0. The summed E-state index contributed by atoms with van der Waals surface area (Å²) in [6.07, 6.45) is -2.54. The van der Waals surface area contributed by atoms with E-state index in [1.165, 1.54) is 11.8 Å². The quantitative estimate of drug-likeness (QED) is 0.591. The number of primary amides is 1. The number of amides is 3. The van der Waals surface area contributed by atoms with E-state index in [4.69, 9.17) is 5.73 Å². The predicted molar refractivity (Wildman–Crippen MR) is 59.7 cm³/mol. The molecule has 106 valence electrons. The molecule has 0 aliphatic carbocycles. The van der Waals surface area contributed by atoms with Crippen molar-refractivity contribution in [2.75, 3.05) is 18.6 Å². The zero-order valence-corrected chi connectivity index (χ0v) is 10.4. The maximum Gasteiger partial charge on any atom is 0.414 e. The van der Waals surface area contributed by atoms with Crippen LogP contribution in [0.15, 0.2) is 0 Å². The van der Waals surface area contributed by atoms with Gasteiger partial charge in [0.15, 0.2) is 6.61 Å². The molecule has 4 N–H and O–H groups in total. The van der Waals surface area contributed by atoms with E-state index in [1.807, 2.05) is 0 Å². The van der Waals surface area contributed by atoms with Gasteiger partial charge in [0.05, 0.1) is 0 Å². The van der Waals surface area contributed by atoms with Crippen LogP contribution in [0.4, 0.5) is 18.0 Å². The molecule has 1 unspecified atom stereocenters. The van der Waals surface area contributed by atoms with Gasteiger partial charge in [0.25, 0.3) is 5.91 Å². The highest BCUT2D eigenvalue weighted by Crippen LogP contribution is 2.13. The molecule has 6 nitrogen and oxygen atoms in total. The molecule has 0 saturated heterocycles. The van der Waals surface area contributed by atoms with E-state index in [0.717, 1.165) is 0 Å². The van der Waals surface area contributed by atoms with Crippen LogP contribution in [-0.2, 0) is 9.63 Å². The molecular weight excluding hydrogens is 275 g/mol. The molecule has 10 heteroatoms. The fraction of sp³-hybridized carbons (Fsp3) is 0.750. The zero-order valence-electron chi connectivity index (χ0n) is 9.54. The average molecular weight is 289 g/mol. The van der Waals surface area contributed by atoms with Crippen LogP contribution in [0.1, 0.15) is 6.42 Å². The second kappa shape index (κ2) is 8.03. The van der Waals surface area contributed by atoms with Crippen LogP contribution in [0.2, 0.25) is 0 Å². The van der Waals surface area contributed by atoms with Gasteiger partial charge in [-0.25, -0.2) is 10.3 Å². The zero-order chi connectivity index (χ0) is 14.2. The molecule has 0 rings (SSSR count). The van der Waals surface area contributed by atoms with Crippen LogP contribution < -0.4 is 16.5 Å². The molecule has 18 heavy (non-hydrogen) atoms. The Morgan fingerprint density at radius 1 is 1.44 bits per heavy atom. The molecule has 0 bridgehead atoms. The van der Waals surface area contributed by atoms with E-state index >= 15 is 0 Å². The Hall–Kier alpha value is -1.16. The fourth-order valence-corrected chi connectivity index (χ4v) is 1.41. The SMILES string of the molecule is CSCCC(NC(N)=O)C(=O)NOCC(F)(F)F. The number of hydrogen-bond acceptors (Lipinski definition) is 4. The van der Waals surface area contributed by atoms with Crippen molar-refractivity contribution >= 4 is 23.7 Å². The number of hydroxylamine groups is 1. The lowest BCUT2D eigenvalue weighted by atomic mass is 10.2. The van der Waals surface area contributed by atoms with E-state index in [9.17, 15) is 22.8 Å². The van der Waals surface area contributed by atoms with Gasteiger partial charge >= 0.3 is 12.2 Å². The molecule has 0 aliphatic rings. The Bertz CT molecular complexity index is 288. The van der Waals surface area contributed by atoms with E-state index in [2.05, 4.69) is 10.2 Å². The first-order chi connectivity index (χ1) is 8.26. The van der Waals surface area contributed by atoms with Crippen LogP contribution in [0.5, 0.6) is 0 Å². The monoisotopic (exact) mass is 289 g/mol. The van der Waals surface area contributed by atoms with E-state index < -0.39 is 30.8 Å². The molecule has 0 aliphatic heterocycles. The highest BCUT2D eigenvalue weighted by atomic mass is 32.2. The number of carbonyl (C=O) groups excluding carboxylic acids is 2. The highest BCUT2D eigenvalue weighted by Gasteiger charge is 2.29. The highest BCUT2D eigenvalue weighted by molar-refractivity contribution is 7.98. The van der Waals surface area contributed by atoms with Gasteiger partial charge in [-0.05, 0) is 18.4 Å². The number of carbonyl (C=O) groups is 2. The van der Waals surface area contributed by atoms with Gasteiger partial charge in [-0.15, -0.1) is 0 Å². The minimum atomic E-state index is -4.54. The van der Waals surface area contributed by atoms with E-state index in [1.54, 1.807) is 11.7 Å². The molecule has 0 heterocycles. The Kier molecular flexibility index (Phi) is 7.51.